The lowest BCUT2D eigenvalue weighted by Gasteiger charge is -2.08. The zero-order valence-corrected chi connectivity index (χ0v) is 18.2. The lowest BCUT2D eigenvalue weighted by atomic mass is 10.1. The Bertz CT molecular complexity index is 1310. The first kappa shape index (κ1) is 21.1. The number of nitrogens with zero attached hydrogens (tertiary/aromatic N) is 4. The van der Waals surface area contributed by atoms with Crippen molar-refractivity contribution in [1.82, 2.24) is 24.6 Å². The number of nitrogens with one attached hydrogen (secondary N) is 1. The van der Waals surface area contributed by atoms with Gasteiger partial charge in [0.25, 0.3) is 11.5 Å². The number of aromatic nitrogens is 4. The van der Waals surface area contributed by atoms with E-state index in [1.807, 2.05) is 31.2 Å². The summed E-state index contributed by atoms with van der Waals surface area (Å²) in [6.07, 6.45) is 3.03. The molecule has 2 heterocycles. The van der Waals surface area contributed by atoms with Crippen LogP contribution < -0.4 is 10.9 Å². The van der Waals surface area contributed by atoms with Crippen molar-refractivity contribution in [2.45, 2.75) is 20.0 Å². The number of benzene rings is 2. The van der Waals surface area contributed by atoms with Crippen LogP contribution in [0.1, 0.15) is 21.5 Å². The van der Waals surface area contributed by atoms with Gasteiger partial charge in [-0.3, -0.25) is 14.2 Å². The molecule has 0 aliphatic carbocycles. The summed E-state index contributed by atoms with van der Waals surface area (Å²) < 4.78 is 3.15. The lowest BCUT2D eigenvalue weighted by molar-refractivity contribution is 0.0952. The number of aryl methyl sites for hydroxylation is 1. The van der Waals surface area contributed by atoms with E-state index in [0.29, 0.717) is 41.3 Å². The molecule has 0 saturated heterocycles. The molecule has 0 aliphatic rings. The third kappa shape index (κ3) is 4.62. The van der Waals surface area contributed by atoms with E-state index in [0.717, 1.165) is 11.1 Å². The smallest absolute Gasteiger partial charge is 0.264 e. The third-order valence-electron chi connectivity index (χ3n) is 4.88. The Morgan fingerprint density at radius 2 is 1.90 bits per heavy atom. The predicted octanol–water partition coefficient (Wildman–Crippen LogP) is 3.69. The molecule has 9 heteroatoms. The van der Waals surface area contributed by atoms with Crippen LogP contribution in [0.15, 0.2) is 59.8 Å². The van der Waals surface area contributed by atoms with Crippen LogP contribution >= 0.6 is 23.2 Å². The molecule has 4 rings (SSSR count). The fraction of sp³-hybridized carbons (Fsp3) is 0.182. The quantitative estimate of drug-likeness (QED) is 0.480. The number of fused-ring (bicyclic) bond motifs is 1. The van der Waals surface area contributed by atoms with Gasteiger partial charge in [0, 0.05) is 11.6 Å². The SMILES string of the molecule is Cc1ccc(Cn2cnc3c(cnn3CCNC(=O)c3ccc(Cl)cc3Cl)c2=O)cc1. The number of amides is 1. The highest BCUT2D eigenvalue weighted by Gasteiger charge is 2.13. The Morgan fingerprint density at radius 1 is 1.13 bits per heavy atom. The Morgan fingerprint density at radius 3 is 2.65 bits per heavy atom. The molecule has 0 aliphatic heterocycles. The van der Waals surface area contributed by atoms with Crippen LogP contribution in [0.5, 0.6) is 0 Å². The zero-order chi connectivity index (χ0) is 22.0. The van der Waals surface area contributed by atoms with E-state index in [4.69, 9.17) is 23.2 Å². The standard InChI is InChI=1S/C22H19Cl2N5O2/c1-14-2-4-15(5-3-14)12-28-13-26-20-18(22(28)31)11-27-29(20)9-8-25-21(30)17-7-6-16(23)10-19(17)24/h2-7,10-11,13H,8-9,12H2,1H3,(H,25,30). The Labute approximate surface area is 188 Å². The van der Waals surface area contributed by atoms with Crippen LogP contribution in [-0.4, -0.2) is 31.8 Å². The first-order chi connectivity index (χ1) is 14.9. The van der Waals surface area contributed by atoms with Gasteiger partial charge in [-0.15, -0.1) is 0 Å². The minimum atomic E-state index is -0.313. The second-order valence-corrected chi connectivity index (χ2v) is 7.99. The maximum Gasteiger partial charge on any atom is 0.264 e. The summed E-state index contributed by atoms with van der Waals surface area (Å²) in [6.45, 7) is 3.10. The zero-order valence-electron chi connectivity index (χ0n) is 16.7. The van der Waals surface area contributed by atoms with Crippen molar-refractivity contribution in [3.05, 3.63) is 92.1 Å². The van der Waals surface area contributed by atoms with Gasteiger partial charge in [-0.05, 0) is 30.7 Å². The summed E-state index contributed by atoms with van der Waals surface area (Å²) in [5.74, 6) is -0.313. The van der Waals surface area contributed by atoms with E-state index in [-0.39, 0.29) is 16.5 Å². The van der Waals surface area contributed by atoms with Gasteiger partial charge in [-0.25, -0.2) is 9.67 Å². The number of rotatable bonds is 6. The molecule has 0 unspecified atom stereocenters. The second kappa shape index (κ2) is 8.91. The molecule has 31 heavy (non-hydrogen) atoms. The minimum absolute atomic E-state index is 0.159. The average molecular weight is 456 g/mol. The van der Waals surface area contributed by atoms with E-state index < -0.39 is 0 Å². The molecule has 7 nitrogen and oxygen atoms in total. The maximum absolute atomic E-state index is 12.8. The van der Waals surface area contributed by atoms with Gasteiger partial charge in [0.05, 0.1) is 29.9 Å². The molecule has 0 radical (unpaired) electrons. The largest absolute Gasteiger partial charge is 0.350 e. The summed E-state index contributed by atoms with van der Waals surface area (Å²) in [6, 6.07) is 12.7. The maximum atomic E-state index is 12.8. The summed E-state index contributed by atoms with van der Waals surface area (Å²) in [7, 11) is 0. The van der Waals surface area contributed by atoms with Gasteiger partial charge in [0.15, 0.2) is 5.65 Å². The van der Waals surface area contributed by atoms with Gasteiger partial charge in [0.2, 0.25) is 0 Å². The molecule has 2 aromatic heterocycles. The molecule has 2 aromatic carbocycles. The molecule has 158 valence electrons. The fourth-order valence-electron chi connectivity index (χ4n) is 3.21. The number of carbonyl (C=O) groups excluding carboxylic acids is 1. The first-order valence-electron chi connectivity index (χ1n) is 9.62. The molecule has 1 amide bonds. The summed E-state index contributed by atoms with van der Waals surface area (Å²) in [5.41, 5.74) is 2.84. The summed E-state index contributed by atoms with van der Waals surface area (Å²) in [4.78, 5) is 29.6. The molecule has 0 bridgehead atoms. The predicted molar refractivity (Wildman–Crippen MR) is 121 cm³/mol. The van der Waals surface area contributed by atoms with Crippen LogP contribution in [0.4, 0.5) is 0 Å². The highest BCUT2D eigenvalue weighted by Crippen LogP contribution is 2.20. The van der Waals surface area contributed by atoms with Crippen molar-refractivity contribution in [2.24, 2.45) is 0 Å². The van der Waals surface area contributed by atoms with Gasteiger partial charge >= 0.3 is 0 Å². The monoisotopic (exact) mass is 455 g/mol. The van der Waals surface area contributed by atoms with Crippen molar-refractivity contribution < 1.29 is 4.79 Å². The molecular weight excluding hydrogens is 437 g/mol. The Kier molecular flexibility index (Phi) is 6.06. The van der Waals surface area contributed by atoms with Crippen LogP contribution in [0.25, 0.3) is 11.0 Å². The van der Waals surface area contributed by atoms with Crippen molar-refractivity contribution >= 4 is 40.1 Å². The number of hydrogen-bond acceptors (Lipinski definition) is 4. The van der Waals surface area contributed by atoms with E-state index in [9.17, 15) is 9.59 Å². The first-order valence-corrected chi connectivity index (χ1v) is 10.4. The highest BCUT2D eigenvalue weighted by atomic mass is 35.5. The van der Waals surface area contributed by atoms with E-state index in [1.54, 1.807) is 21.4 Å². The van der Waals surface area contributed by atoms with Crippen LogP contribution in [0, 0.1) is 6.92 Å². The van der Waals surface area contributed by atoms with Crippen LogP contribution in [0.2, 0.25) is 10.0 Å². The Hall–Kier alpha value is -3.16. The molecular formula is C22H19Cl2N5O2. The molecule has 4 aromatic rings. The van der Waals surface area contributed by atoms with Gasteiger partial charge in [-0.2, -0.15) is 5.10 Å². The van der Waals surface area contributed by atoms with E-state index in [2.05, 4.69) is 15.4 Å². The molecule has 0 fully saturated rings. The fourth-order valence-corrected chi connectivity index (χ4v) is 3.70. The lowest BCUT2D eigenvalue weighted by Crippen LogP contribution is -2.28. The van der Waals surface area contributed by atoms with Crippen LogP contribution in [-0.2, 0) is 13.1 Å². The number of hydrogen-bond donors (Lipinski definition) is 1. The normalized spacial score (nSPS) is 11.1. The topological polar surface area (TPSA) is 81.8 Å². The molecule has 0 saturated carbocycles. The highest BCUT2D eigenvalue weighted by molar-refractivity contribution is 6.36. The summed E-state index contributed by atoms with van der Waals surface area (Å²) >= 11 is 11.9. The van der Waals surface area contributed by atoms with Gasteiger partial charge in [0.1, 0.15) is 11.7 Å². The minimum Gasteiger partial charge on any atom is -0.350 e. The van der Waals surface area contributed by atoms with Crippen molar-refractivity contribution in [1.29, 1.82) is 0 Å². The number of halogens is 2. The van der Waals surface area contributed by atoms with Crippen molar-refractivity contribution in [3.63, 3.8) is 0 Å². The van der Waals surface area contributed by atoms with Gasteiger partial charge < -0.3 is 5.32 Å². The van der Waals surface area contributed by atoms with Gasteiger partial charge in [-0.1, -0.05) is 53.0 Å². The van der Waals surface area contributed by atoms with Crippen molar-refractivity contribution in [3.8, 4) is 0 Å². The Balaban J connectivity index is 1.45. The van der Waals surface area contributed by atoms with Crippen LogP contribution in [0.3, 0.4) is 0 Å². The molecule has 0 atom stereocenters. The average Bonchev–Trinajstić information content (AvgIpc) is 3.15. The third-order valence-corrected chi connectivity index (χ3v) is 5.43. The van der Waals surface area contributed by atoms with E-state index >= 15 is 0 Å². The summed E-state index contributed by atoms with van der Waals surface area (Å²) in [5, 5.41) is 8.22. The second-order valence-electron chi connectivity index (χ2n) is 7.15. The molecule has 1 N–H and O–H groups in total. The van der Waals surface area contributed by atoms with Crippen molar-refractivity contribution in [2.75, 3.05) is 6.54 Å². The number of carbonyl (C=O) groups is 1. The molecule has 0 spiro atoms. The van der Waals surface area contributed by atoms with E-state index in [1.165, 1.54) is 18.6 Å².